The van der Waals surface area contributed by atoms with Gasteiger partial charge in [0.05, 0.1) is 0 Å². The van der Waals surface area contributed by atoms with Gasteiger partial charge < -0.3 is 14.6 Å². The van der Waals surface area contributed by atoms with Crippen molar-refractivity contribution in [3.05, 3.63) is 48.2 Å². The minimum Gasteiger partial charge on any atom is -0.435 e. The van der Waals surface area contributed by atoms with E-state index in [9.17, 15) is 4.79 Å². The van der Waals surface area contributed by atoms with E-state index in [1.54, 1.807) is 6.07 Å². The maximum atomic E-state index is 12.1. The molecule has 0 bridgehead atoms. The SMILES string of the molecule is O=C(Nc1ccccc1)c1ccc(N2CCCCC2)o1. The molecule has 0 atom stereocenters. The third-order valence-corrected chi connectivity index (χ3v) is 3.51. The van der Waals surface area contributed by atoms with Crippen molar-refractivity contribution >= 4 is 17.5 Å². The highest BCUT2D eigenvalue weighted by molar-refractivity contribution is 6.02. The number of carbonyl (C=O) groups excluding carboxylic acids is 1. The largest absolute Gasteiger partial charge is 0.435 e. The number of amides is 1. The topological polar surface area (TPSA) is 45.5 Å². The van der Waals surface area contributed by atoms with Gasteiger partial charge in [0.15, 0.2) is 11.6 Å². The third-order valence-electron chi connectivity index (χ3n) is 3.51. The maximum absolute atomic E-state index is 12.1. The normalized spacial score (nSPS) is 15.1. The lowest BCUT2D eigenvalue weighted by Gasteiger charge is -2.25. The van der Waals surface area contributed by atoms with Crippen molar-refractivity contribution in [3.63, 3.8) is 0 Å². The molecule has 1 aromatic carbocycles. The van der Waals surface area contributed by atoms with Crippen molar-refractivity contribution in [2.75, 3.05) is 23.3 Å². The Kier molecular flexibility index (Phi) is 3.72. The highest BCUT2D eigenvalue weighted by atomic mass is 16.4. The predicted octanol–water partition coefficient (Wildman–Crippen LogP) is 3.52. The zero-order chi connectivity index (χ0) is 13.8. The van der Waals surface area contributed by atoms with Crippen molar-refractivity contribution in [1.82, 2.24) is 0 Å². The zero-order valence-electron chi connectivity index (χ0n) is 11.3. The van der Waals surface area contributed by atoms with Crippen LogP contribution in [0.5, 0.6) is 0 Å². The van der Waals surface area contributed by atoms with E-state index < -0.39 is 0 Å². The fraction of sp³-hybridized carbons (Fsp3) is 0.312. The lowest BCUT2D eigenvalue weighted by atomic mass is 10.1. The second-order valence-electron chi connectivity index (χ2n) is 5.01. The molecule has 4 heteroatoms. The fourth-order valence-electron chi connectivity index (χ4n) is 2.45. The molecule has 2 heterocycles. The van der Waals surface area contributed by atoms with Gasteiger partial charge in [-0.25, -0.2) is 0 Å². The maximum Gasteiger partial charge on any atom is 0.291 e. The third kappa shape index (κ3) is 2.85. The van der Waals surface area contributed by atoms with E-state index in [0.29, 0.717) is 5.76 Å². The fourth-order valence-corrected chi connectivity index (χ4v) is 2.45. The number of nitrogens with zero attached hydrogens (tertiary/aromatic N) is 1. The van der Waals surface area contributed by atoms with Crippen LogP contribution in [0.4, 0.5) is 11.6 Å². The Morgan fingerprint density at radius 1 is 1.00 bits per heavy atom. The molecule has 1 saturated heterocycles. The van der Waals surface area contributed by atoms with Gasteiger partial charge in [0.25, 0.3) is 5.91 Å². The van der Waals surface area contributed by atoms with E-state index >= 15 is 0 Å². The Morgan fingerprint density at radius 3 is 2.50 bits per heavy atom. The van der Waals surface area contributed by atoms with Gasteiger partial charge in [0.2, 0.25) is 0 Å². The molecule has 20 heavy (non-hydrogen) atoms. The summed E-state index contributed by atoms with van der Waals surface area (Å²) in [6, 6.07) is 13.0. The van der Waals surface area contributed by atoms with Gasteiger partial charge in [-0.15, -0.1) is 0 Å². The first-order chi connectivity index (χ1) is 9.83. The van der Waals surface area contributed by atoms with E-state index in [2.05, 4.69) is 10.2 Å². The monoisotopic (exact) mass is 270 g/mol. The van der Waals surface area contributed by atoms with Gasteiger partial charge in [-0.1, -0.05) is 18.2 Å². The second-order valence-corrected chi connectivity index (χ2v) is 5.01. The van der Waals surface area contributed by atoms with Crippen molar-refractivity contribution in [2.24, 2.45) is 0 Å². The smallest absolute Gasteiger partial charge is 0.291 e. The van der Waals surface area contributed by atoms with Crippen molar-refractivity contribution in [3.8, 4) is 0 Å². The van der Waals surface area contributed by atoms with Gasteiger partial charge in [-0.2, -0.15) is 0 Å². The summed E-state index contributed by atoms with van der Waals surface area (Å²) in [5.41, 5.74) is 0.772. The average molecular weight is 270 g/mol. The number of para-hydroxylation sites is 1. The van der Waals surface area contributed by atoms with E-state index in [1.807, 2.05) is 36.4 Å². The molecule has 0 spiro atoms. The minimum atomic E-state index is -0.209. The molecular formula is C16H18N2O2. The van der Waals surface area contributed by atoms with Crippen LogP contribution in [0.3, 0.4) is 0 Å². The molecule has 104 valence electrons. The number of anilines is 2. The van der Waals surface area contributed by atoms with Crippen LogP contribution in [0.1, 0.15) is 29.8 Å². The van der Waals surface area contributed by atoms with Gasteiger partial charge in [0, 0.05) is 24.8 Å². The number of hydrogen-bond donors (Lipinski definition) is 1. The Morgan fingerprint density at radius 2 is 1.75 bits per heavy atom. The van der Waals surface area contributed by atoms with Gasteiger partial charge in [-0.05, 0) is 37.5 Å². The molecular weight excluding hydrogens is 252 g/mol. The number of benzene rings is 1. The highest BCUT2D eigenvalue weighted by Crippen LogP contribution is 2.23. The number of hydrogen-bond acceptors (Lipinski definition) is 3. The molecule has 0 radical (unpaired) electrons. The molecule has 3 rings (SSSR count). The van der Waals surface area contributed by atoms with Crippen molar-refractivity contribution < 1.29 is 9.21 Å². The molecule has 0 saturated carbocycles. The summed E-state index contributed by atoms with van der Waals surface area (Å²) in [5, 5.41) is 2.82. The first-order valence-electron chi connectivity index (χ1n) is 7.04. The van der Waals surface area contributed by atoms with Gasteiger partial charge >= 0.3 is 0 Å². The van der Waals surface area contributed by atoms with Crippen LogP contribution in [0.25, 0.3) is 0 Å². The van der Waals surface area contributed by atoms with Crippen LogP contribution in [0, 0.1) is 0 Å². The Hall–Kier alpha value is -2.23. The predicted molar refractivity (Wildman–Crippen MR) is 79.2 cm³/mol. The first kappa shape index (κ1) is 12.8. The lowest BCUT2D eigenvalue weighted by molar-refractivity contribution is 0.0997. The molecule has 1 amide bonds. The standard InChI is InChI=1S/C16H18N2O2/c19-16(17-13-7-3-1-4-8-13)14-9-10-15(20-14)18-11-5-2-6-12-18/h1,3-4,7-10H,2,5-6,11-12H2,(H,17,19). The summed E-state index contributed by atoms with van der Waals surface area (Å²) in [6.45, 7) is 2.01. The molecule has 1 aliphatic rings. The quantitative estimate of drug-likeness (QED) is 0.928. The highest BCUT2D eigenvalue weighted by Gasteiger charge is 2.17. The Bertz CT molecular complexity index is 571. The summed E-state index contributed by atoms with van der Waals surface area (Å²) in [6.07, 6.45) is 3.65. The van der Waals surface area contributed by atoms with Crippen LogP contribution >= 0.6 is 0 Å². The average Bonchev–Trinajstić information content (AvgIpc) is 2.99. The summed E-state index contributed by atoms with van der Waals surface area (Å²) in [7, 11) is 0. The van der Waals surface area contributed by atoms with Gasteiger partial charge in [-0.3, -0.25) is 4.79 Å². The Labute approximate surface area is 118 Å². The summed E-state index contributed by atoms with van der Waals surface area (Å²) in [5.74, 6) is 0.941. The minimum absolute atomic E-state index is 0.209. The summed E-state index contributed by atoms with van der Waals surface area (Å²) < 4.78 is 5.67. The van der Waals surface area contributed by atoms with E-state index in [0.717, 1.165) is 24.7 Å². The number of furan rings is 1. The molecule has 2 aromatic rings. The zero-order valence-corrected chi connectivity index (χ0v) is 11.3. The van der Waals surface area contributed by atoms with Gasteiger partial charge in [0.1, 0.15) is 0 Å². The van der Waals surface area contributed by atoms with Crippen LogP contribution in [-0.4, -0.2) is 19.0 Å². The number of carbonyl (C=O) groups is 1. The summed E-state index contributed by atoms with van der Waals surface area (Å²) in [4.78, 5) is 14.3. The van der Waals surface area contributed by atoms with Crippen LogP contribution in [0.2, 0.25) is 0 Å². The molecule has 4 nitrogen and oxygen atoms in total. The first-order valence-corrected chi connectivity index (χ1v) is 7.04. The molecule has 1 aliphatic heterocycles. The Balaban J connectivity index is 1.68. The van der Waals surface area contributed by atoms with E-state index in [-0.39, 0.29) is 5.91 Å². The molecule has 1 aromatic heterocycles. The van der Waals surface area contributed by atoms with Crippen molar-refractivity contribution in [2.45, 2.75) is 19.3 Å². The number of piperidine rings is 1. The van der Waals surface area contributed by atoms with E-state index in [1.165, 1.54) is 19.3 Å². The molecule has 0 aliphatic carbocycles. The van der Waals surface area contributed by atoms with Crippen LogP contribution < -0.4 is 10.2 Å². The second kappa shape index (κ2) is 5.82. The number of nitrogens with one attached hydrogen (secondary N) is 1. The van der Waals surface area contributed by atoms with Crippen LogP contribution in [-0.2, 0) is 0 Å². The lowest BCUT2D eigenvalue weighted by Crippen LogP contribution is -2.28. The molecule has 0 unspecified atom stereocenters. The van der Waals surface area contributed by atoms with Crippen molar-refractivity contribution in [1.29, 1.82) is 0 Å². The molecule has 1 fully saturated rings. The summed E-state index contributed by atoms with van der Waals surface area (Å²) >= 11 is 0. The van der Waals surface area contributed by atoms with Crippen LogP contribution in [0.15, 0.2) is 46.9 Å². The number of rotatable bonds is 3. The molecule has 1 N–H and O–H groups in total. The van der Waals surface area contributed by atoms with E-state index in [4.69, 9.17) is 4.42 Å².